The Labute approximate surface area is 189 Å². The fraction of sp³-hybridized carbons (Fsp3) is 0.536. The number of unbranched alkanes of at least 4 members (excludes halogenated alkanes) is 10. The Hall–Kier alpha value is -2.13. The van der Waals surface area contributed by atoms with E-state index in [9.17, 15) is 10.3 Å². The highest BCUT2D eigenvalue weighted by Crippen LogP contribution is 2.16. The van der Waals surface area contributed by atoms with Crippen LogP contribution in [0.1, 0.15) is 101 Å². The number of aliphatic hydroxyl groups excluding tert-OH is 1. The Morgan fingerprint density at radius 1 is 0.710 bits per heavy atom. The van der Waals surface area contributed by atoms with Gasteiger partial charge in [0, 0.05) is 11.1 Å². The second-order valence-electron chi connectivity index (χ2n) is 8.69. The van der Waals surface area contributed by atoms with Crippen molar-refractivity contribution < 1.29 is 10.3 Å². The van der Waals surface area contributed by atoms with Crippen molar-refractivity contribution in [2.75, 3.05) is 0 Å². The van der Waals surface area contributed by atoms with Gasteiger partial charge in [-0.3, -0.25) is 0 Å². The number of hydrogen-bond acceptors (Lipinski definition) is 3. The van der Waals surface area contributed by atoms with Crippen LogP contribution in [0.2, 0.25) is 0 Å². The minimum absolute atomic E-state index is 0.287. The number of nitrogens with zero attached hydrogens (tertiary/aromatic N) is 1. The lowest BCUT2D eigenvalue weighted by Crippen LogP contribution is -2.10. The van der Waals surface area contributed by atoms with Crippen LogP contribution < -0.4 is 0 Å². The third kappa shape index (κ3) is 10.1. The van der Waals surface area contributed by atoms with Crippen LogP contribution in [0.4, 0.5) is 0 Å². The first kappa shape index (κ1) is 25.1. The van der Waals surface area contributed by atoms with Gasteiger partial charge in [-0.1, -0.05) is 137 Å². The lowest BCUT2D eigenvalue weighted by Gasteiger charge is -2.11. The third-order valence-corrected chi connectivity index (χ3v) is 5.99. The molecule has 3 nitrogen and oxygen atoms in total. The van der Waals surface area contributed by atoms with Crippen LogP contribution in [0.3, 0.4) is 0 Å². The van der Waals surface area contributed by atoms with Crippen LogP contribution in [-0.4, -0.2) is 22.1 Å². The van der Waals surface area contributed by atoms with Crippen molar-refractivity contribution in [3.8, 4) is 0 Å². The second-order valence-corrected chi connectivity index (χ2v) is 8.69. The molecule has 2 N–H and O–H groups in total. The van der Waals surface area contributed by atoms with Gasteiger partial charge < -0.3 is 10.3 Å². The normalized spacial score (nSPS) is 12.8. The molecule has 0 aliphatic heterocycles. The average molecular weight is 424 g/mol. The van der Waals surface area contributed by atoms with Crippen LogP contribution in [-0.2, 0) is 6.42 Å². The van der Waals surface area contributed by atoms with Crippen molar-refractivity contribution in [3.05, 3.63) is 71.3 Å². The van der Waals surface area contributed by atoms with Gasteiger partial charge in [0.15, 0.2) is 0 Å². The quantitative estimate of drug-likeness (QED) is 0.127. The molecule has 1 atom stereocenters. The van der Waals surface area contributed by atoms with E-state index < -0.39 is 0 Å². The molecular weight excluding hydrogens is 382 g/mol. The maximum atomic E-state index is 10.4. The maximum absolute atomic E-state index is 10.4. The Balaban J connectivity index is 1.60. The van der Waals surface area contributed by atoms with Gasteiger partial charge >= 0.3 is 0 Å². The zero-order chi connectivity index (χ0) is 22.2. The molecule has 3 heteroatoms. The molecular formula is C28H41NO2. The summed E-state index contributed by atoms with van der Waals surface area (Å²) in [5.41, 5.74) is 3.44. The molecule has 2 aromatic rings. The Morgan fingerprint density at radius 2 is 1.23 bits per heavy atom. The van der Waals surface area contributed by atoms with Crippen molar-refractivity contribution in [2.45, 2.75) is 96.5 Å². The lowest BCUT2D eigenvalue weighted by atomic mass is 9.98. The molecule has 0 bridgehead atoms. The number of hydrogen-bond donors (Lipinski definition) is 2. The molecule has 0 radical (unpaired) electrons. The van der Waals surface area contributed by atoms with Gasteiger partial charge in [-0.2, -0.15) is 0 Å². The maximum Gasteiger partial charge on any atom is 0.117 e. The van der Waals surface area contributed by atoms with Crippen LogP contribution in [0.25, 0.3) is 0 Å². The van der Waals surface area contributed by atoms with Gasteiger partial charge in [-0.25, -0.2) is 0 Å². The smallest absolute Gasteiger partial charge is 0.117 e. The standard InChI is InChI=1S/C28H41NO2/c1-2-3-4-5-6-7-8-9-10-11-15-18-27(30)23-24-19-21-26(22-20-24)28(29-31)25-16-13-12-14-17-25/h12-14,16-17,19-22,27,30-31H,2-11,15,18,23H2,1H3/b29-28-. The molecule has 0 amide bonds. The largest absolute Gasteiger partial charge is 0.410 e. The fourth-order valence-corrected chi connectivity index (χ4v) is 4.10. The van der Waals surface area contributed by atoms with Crippen LogP contribution in [0.5, 0.6) is 0 Å². The molecule has 2 aromatic carbocycles. The topological polar surface area (TPSA) is 52.8 Å². The molecule has 2 rings (SSSR count). The number of rotatable bonds is 16. The van der Waals surface area contributed by atoms with E-state index in [0.717, 1.165) is 29.5 Å². The van der Waals surface area contributed by atoms with E-state index in [1.807, 2.05) is 54.6 Å². The molecule has 0 spiro atoms. The highest BCUT2D eigenvalue weighted by Gasteiger charge is 2.09. The first-order valence-corrected chi connectivity index (χ1v) is 12.3. The van der Waals surface area contributed by atoms with Crippen molar-refractivity contribution >= 4 is 5.71 Å². The van der Waals surface area contributed by atoms with Crippen LogP contribution in [0.15, 0.2) is 59.8 Å². The first-order valence-electron chi connectivity index (χ1n) is 12.3. The summed E-state index contributed by atoms with van der Waals surface area (Å²) in [5.74, 6) is 0. The van der Waals surface area contributed by atoms with Gasteiger partial charge in [0.25, 0.3) is 0 Å². The summed E-state index contributed by atoms with van der Waals surface area (Å²) in [7, 11) is 0. The number of aliphatic hydroxyl groups is 1. The predicted octanol–water partition coefficient (Wildman–Crippen LogP) is 7.52. The molecule has 0 aliphatic rings. The fourth-order valence-electron chi connectivity index (χ4n) is 4.10. The molecule has 0 saturated heterocycles. The molecule has 31 heavy (non-hydrogen) atoms. The third-order valence-electron chi connectivity index (χ3n) is 5.99. The van der Waals surface area contributed by atoms with E-state index in [0.29, 0.717) is 12.1 Å². The molecule has 1 unspecified atom stereocenters. The van der Waals surface area contributed by atoms with Gasteiger partial charge in [0.1, 0.15) is 5.71 Å². The molecule has 0 fully saturated rings. The molecule has 0 aromatic heterocycles. The van der Waals surface area contributed by atoms with Crippen molar-refractivity contribution in [2.24, 2.45) is 5.16 Å². The highest BCUT2D eigenvalue weighted by molar-refractivity contribution is 6.12. The van der Waals surface area contributed by atoms with E-state index in [4.69, 9.17) is 0 Å². The summed E-state index contributed by atoms with van der Waals surface area (Å²) in [4.78, 5) is 0. The Morgan fingerprint density at radius 3 is 1.77 bits per heavy atom. The lowest BCUT2D eigenvalue weighted by molar-refractivity contribution is 0.161. The van der Waals surface area contributed by atoms with Crippen LogP contribution in [0, 0.1) is 0 Å². The first-order chi connectivity index (χ1) is 15.2. The van der Waals surface area contributed by atoms with Gasteiger partial charge in [-0.15, -0.1) is 0 Å². The van der Waals surface area contributed by atoms with Crippen molar-refractivity contribution in [3.63, 3.8) is 0 Å². The van der Waals surface area contributed by atoms with Gasteiger partial charge in [0.2, 0.25) is 0 Å². The molecule has 170 valence electrons. The van der Waals surface area contributed by atoms with E-state index in [-0.39, 0.29) is 6.10 Å². The van der Waals surface area contributed by atoms with E-state index >= 15 is 0 Å². The highest BCUT2D eigenvalue weighted by atomic mass is 16.4. The summed E-state index contributed by atoms with van der Waals surface area (Å²) in [6.07, 6.45) is 15.9. The summed E-state index contributed by atoms with van der Waals surface area (Å²) in [5, 5.41) is 23.3. The summed E-state index contributed by atoms with van der Waals surface area (Å²) in [6, 6.07) is 17.6. The van der Waals surface area contributed by atoms with E-state index in [1.54, 1.807) is 0 Å². The van der Waals surface area contributed by atoms with E-state index in [1.165, 1.54) is 64.2 Å². The molecule has 0 aliphatic carbocycles. The average Bonchev–Trinajstić information content (AvgIpc) is 2.80. The SMILES string of the molecule is CCCCCCCCCCCCCC(O)Cc1ccc(/C(=N\O)c2ccccc2)cc1. The Bertz CT molecular complexity index is 724. The zero-order valence-corrected chi connectivity index (χ0v) is 19.3. The second kappa shape index (κ2) is 15.6. The zero-order valence-electron chi connectivity index (χ0n) is 19.3. The summed E-state index contributed by atoms with van der Waals surface area (Å²) in [6.45, 7) is 2.27. The minimum atomic E-state index is -0.287. The van der Waals surface area contributed by atoms with Crippen molar-refractivity contribution in [1.82, 2.24) is 0 Å². The molecule has 0 saturated carbocycles. The van der Waals surface area contributed by atoms with E-state index in [2.05, 4.69) is 12.1 Å². The van der Waals surface area contributed by atoms with Gasteiger partial charge in [-0.05, 0) is 18.4 Å². The summed E-state index contributed by atoms with van der Waals surface area (Å²) >= 11 is 0. The number of benzene rings is 2. The molecule has 0 heterocycles. The van der Waals surface area contributed by atoms with Crippen LogP contribution >= 0.6 is 0 Å². The number of oxime groups is 1. The Kier molecular flexibility index (Phi) is 12.7. The monoisotopic (exact) mass is 423 g/mol. The van der Waals surface area contributed by atoms with Gasteiger partial charge in [0.05, 0.1) is 6.10 Å². The summed E-state index contributed by atoms with van der Waals surface area (Å²) < 4.78 is 0. The predicted molar refractivity (Wildman–Crippen MR) is 131 cm³/mol. The minimum Gasteiger partial charge on any atom is -0.410 e. The van der Waals surface area contributed by atoms with Crippen molar-refractivity contribution in [1.29, 1.82) is 0 Å².